The Morgan fingerprint density at radius 2 is 1.96 bits per heavy atom. The SMILES string of the molecule is Cc1ccc2nc(C(=O)NCc3ccc(F)cc3)c(O)c(=O)n2c1. The molecule has 1 aromatic carbocycles. The maximum Gasteiger partial charge on any atom is 0.300 e. The minimum atomic E-state index is -0.713. The van der Waals surface area contributed by atoms with Crippen molar-refractivity contribution in [3.05, 3.63) is 75.6 Å². The van der Waals surface area contributed by atoms with Gasteiger partial charge in [-0.2, -0.15) is 0 Å². The largest absolute Gasteiger partial charge is 0.501 e. The summed E-state index contributed by atoms with van der Waals surface area (Å²) in [6, 6.07) is 8.96. The molecule has 0 spiro atoms. The van der Waals surface area contributed by atoms with Gasteiger partial charge < -0.3 is 10.4 Å². The van der Waals surface area contributed by atoms with Crippen LogP contribution in [0.1, 0.15) is 21.6 Å². The van der Waals surface area contributed by atoms with Crippen molar-refractivity contribution in [2.24, 2.45) is 0 Å². The molecular formula is C17H14FN3O3. The van der Waals surface area contributed by atoms with Crippen molar-refractivity contribution in [1.29, 1.82) is 0 Å². The molecule has 2 heterocycles. The zero-order chi connectivity index (χ0) is 17.3. The fourth-order valence-corrected chi connectivity index (χ4v) is 2.26. The summed E-state index contributed by atoms with van der Waals surface area (Å²) in [4.78, 5) is 28.4. The summed E-state index contributed by atoms with van der Waals surface area (Å²) in [6.45, 7) is 1.92. The van der Waals surface area contributed by atoms with Gasteiger partial charge in [0.15, 0.2) is 5.69 Å². The van der Waals surface area contributed by atoms with Gasteiger partial charge in [-0.1, -0.05) is 18.2 Å². The molecule has 0 fully saturated rings. The highest BCUT2D eigenvalue weighted by atomic mass is 19.1. The molecule has 3 aromatic rings. The molecule has 0 aliphatic heterocycles. The van der Waals surface area contributed by atoms with Crippen molar-refractivity contribution in [3.8, 4) is 5.75 Å². The molecule has 6 nitrogen and oxygen atoms in total. The van der Waals surface area contributed by atoms with Crippen molar-refractivity contribution in [3.63, 3.8) is 0 Å². The average Bonchev–Trinajstić information content (AvgIpc) is 2.58. The number of benzene rings is 1. The maximum atomic E-state index is 12.9. The number of nitrogens with zero attached hydrogens (tertiary/aromatic N) is 2. The number of pyridine rings is 1. The number of aromatic nitrogens is 2. The molecule has 0 bridgehead atoms. The van der Waals surface area contributed by atoms with Gasteiger partial charge >= 0.3 is 5.56 Å². The van der Waals surface area contributed by atoms with E-state index in [4.69, 9.17) is 0 Å². The number of hydrogen-bond acceptors (Lipinski definition) is 4. The monoisotopic (exact) mass is 327 g/mol. The van der Waals surface area contributed by atoms with Crippen LogP contribution in [0.15, 0.2) is 47.4 Å². The first-order chi connectivity index (χ1) is 11.5. The highest BCUT2D eigenvalue weighted by molar-refractivity contribution is 5.95. The molecule has 0 aliphatic carbocycles. The molecule has 1 amide bonds. The number of halogens is 1. The zero-order valence-electron chi connectivity index (χ0n) is 12.8. The number of amides is 1. The van der Waals surface area contributed by atoms with Crippen LogP contribution in [0.4, 0.5) is 4.39 Å². The Balaban J connectivity index is 1.89. The number of carbonyl (C=O) groups is 1. The van der Waals surface area contributed by atoms with Crippen molar-refractivity contribution in [2.45, 2.75) is 13.5 Å². The van der Waals surface area contributed by atoms with Crippen LogP contribution in [0, 0.1) is 12.7 Å². The van der Waals surface area contributed by atoms with Gasteiger partial charge in [-0.15, -0.1) is 0 Å². The van der Waals surface area contributed by atoms with Crippen LogP contribution in [0.25, 0.3) is 5.65 Å². The van der Waals surface area contributed by atoms with E-state index in [2.05, 4.69) is 10.3 Å². The van der Waals surface area contributed by atoms with Crippen LogP contribution in [-0.4, -0.2) is 20.4 Å². The number of carbonyl (C=O) groups excluding carboxylic acids is 1. The third-order valence-electron chi connectivity index (χ3n) is 3.53. The first-order valence-corrected chi connectivity index (χ1v) is 7.20. The van der Waals surface area contributed by atoms with E-state index in [1.54, 1.807) is 19.1 Å². The second-order valence-corrected chi connectivity index (χ2v) is 5.36. The molecular weight excluding hydrogens is 313 g/mol. The fourth-order valence-electron chi connectivity index (χ4n) is 2.26. The smallest absolute Gasteiger partial charge is 0.300 e. The average molecular weight is 327 g/mol. The molecule has 0 atom stereocenters. The van der Waals surface area contributed by atoms with E-state index in [1.807, 2.05) is 0 Å². The van der Waals surface area contributed by atoms with E-state index < -0.39 is 17.2 Å². The van der Waals surface area contributed by atoms with Gasteiger partial charge in [0.1, 0.15) is 11.5 Å². The van der Waals surface area contributed by atoms with E-state index in [0.29, 0.717) is 5.56 Å². The van der Waals surface area contributed by atoms with E-state index in [0.717, 1.165) is 5.56 Å². The second-order valence-electron chi connectivity index (χ2n) is 5.36. The molecule has 0 radical (unpaired) electrons. The Bertz CT molecular complexity index is 981. The third kappa shape index (κ3) is 2.96. The summed E-state index contributed by atoms with van der Waals surface area (Å²) < 4.78 is 14.0. The van der Waals surface area contributed by atoms with Gasteiger partial charge in [0, 0.05) is 12.7 Å². The number of nitrogens with one attached hydrogen (secondary N) is 1. The van der Waals surface area contributed by atoms with E-state index in [9.17, 15) is 19.1 Å². The first kappa shape index (κ1) is 15.7. The molecule has 0 saturated carbocycles. The van der Waals surface area contributed by atoms with E-state index >= 15 is 0 Å². The molecule has 122 valence electrons. The summed E-state index contributed by atoms with van der Waals surface area (Å²) in [7, 11) is 0. The highest BCUT2D eigenvalue weighted by Gasteiger charge is 2.18. The Morgan fingerprint density at radius 3 is 2.67 bits per heavy atom. The lowest BCUT2D eigenvalue weighted by atomic mass is 10.2. The standard InChI is InChI=1S/C17H14FN3O3/c1-10-2-7-13-20-14(15(22)17(24)21(13)9-10)16(23)19-8-11-3-5-12(18)6-4-11/h2-7,9,22H,8H2,1H3,(H,19,23). The number of aryl methyl sites for hydroxylation is 1. The van der Waals surface area contributed by atoms with Crippen LogP contribution in [0.3, 0.4) is 0 Å². The summed E-state index contributed by atoms with van der Waals surface area (Å²) >= 11 is 0. The second kappa shape index (κ2) is 6.11. The molecule has 0 aliphatic rings. The van der Waals surface area contributed by atoms with Gasteiger partial charge in [-0.3, -0.25) is 14.0 Å². The predicted octanol–water partition coefficient (Wildman–Crippen LogP) is 1.78. The lowest BCUT2D eigenvalue weighted by Crippen LogP contribution is -2.27. The van der Waals surface area contributed by atoms with Crippen molar-refractivity contribution in [1.82, 2.24) is 14.7 Å². The van der Waals surface area contributed by atoms with Crippen molar-refractivity contribution >= 4 is 11.6 Å². The van der Waals surface area contributed by atoms with Crippen LogP contribution < -0.4 is 10.9 Å². The lowest BCUT2D eigenvalue weighted by Gasteiger charge is -2.08. The van der Waals surface area contributed by atoms with Crippen LogP contribution >= 0.6 is 0 Å². The topological polar surface area (TPSA) is 83.7 Å². The first-order valence-electron chi connectivity index (χ1n) is 7.20. The molecule has 7 heteroatoms. The molecule has 3 rings (SSSR count). The Labute approximate surface area is 136 Å². The normalized spacial score (nSPS) is 10.8. The number of hydrogen-bond donors (Lipinski definition) is 2. The minimum Gasteiger partial charge on any atom is -0.501 e. The summed E-state index contributed by atoms with van der Waals surface area (Å²) in [6.07, 6.45) is 1.53. The molecule has 0 unspecified atom stereocenters. The van der Waals surface area contributed by atoms with Gasteiger partial charge in [-0.05, 0) is 36.2 Å². The minimum absolute atomic E-state index is 0.119. The maximum absolute atomic E-state index is 12.9. The van der Waals surface area contributed by atoms with Gasteiger partial charge in [0.25, 0.3) is 5.91 Å². The fraction of sp³-hybridized carbons (Fsp3) is 0.118. The Morgan fingerprint density at radius 1 is 1.25 bits per heavy atom. The van der Waals surface area contributed by atoms with Crippen LogP contribution in [0.5, 0.6) is 5.75 Å². The molecule has 24 heavy (non-hydrogen) atoms. The summed E-state index contributed by atoms with van der Waals surface area (Å²) in [5.74, 6) is -1.77. The molecule has 2 N–H and O–H groups in total. The van der Waals surface area contributed by atoms with E-state index in [-0.39, 0.29) is 23.7 Å². The summed E-state index contributed by atoms with van der Waals surface area (Å²) in [5, 5.41) is 12.5. The molecule has 0 saturated heterocycles. The quantitative estimate of drug-likeness (QED) is 0.768. The Kier molecular flexibility index (Phi) is 3.99. The van der Waals surface area contributed by atoms with Crippen LogP contribution in [0.2, 0.25) is 0 Å². The van der Waals surface area contributed by atoms with Gasteiger partial charge in [-0.25, -0.2) is 9.37 Å². The third-order valence-corrected chi connectivity index (χ3v) is 3.53. The lowest BCUT2D eigenvalue weighted by molar-refractivity contribution is 0.0942. The van der Waals surface area contributed by atoms with Gasteiger partial charge in [0.2, 0.25) is 5.75 Å². The number of fused-ring (bicyclic) bond motifs is 1. The Hall–Kier alpha value is -3.22. The van der Waals surface area contributed by atoms with Crippen molar-refractivity contribution in [2.75, 3.05) is 0 Å². The van der Waals surface area contributed by atoms with Gasteiger partial charge in [0.05, 0.1) is 0 Å². The van der Waals surface area contributed by atoms with Crippen molar-refractivity contribution < 1.29 is 14.3 Å². The number of aromatic hydroxyl groups is 1. The highest BCUT2D eigenvalue weighted by Crippen LogP contribution is 2.12. The predicted molar refractivity (Wildman–Crippen MR) is 85.4 cm³/mol. The summed E-state index contributed by atoms with van der Waals surface area (Å²) in [5.41, 5.74) is 0.702. The zero-order valence-corrected chi connectivity index (χ0v) is 12.8. The number of rotatable bonds is 3. The van der Waals surface area contributed by atoms with Crippen LogP contribution in [-0.2, 0) is 6.54 Å². The molecule has 2 aromatic heterocycles. The van der Waals surface area contributed by atoms with E-state index in [1.165, 1.54) is 34.9 Å².